The van der Waals surface area contributed by atoms with Gasteiger partial charge < -0.3 is 5.32 Å². The van der Waals surface area contributed by atoms with Gasteiger partial charge in [-0.1, -0.05) is 48.5 Å². The second-order valence-corrected chi connectivity index (χ2v) is 6.52. The molecule has 0 atom stereocenters. The monoisotopic (exact) mass is 333 g/mol. The first-order valence-electron chi connectivity index (χ1n) is 8.78. The van der Waals surface area contributed by atoms with Crippen molar-refractivity contribution in [2.45, 2.75) is 25.9 Å². The molecule has 1 N–H and O–H groups in total. The highest BCUT2D eigenvalue weighted by Gasteiger charge is 2.25. The Hall–Kier alpha value is -2.64. The van der Waals surface area contributed by atoms with Crippen molar-refractivity contribution in [2.75, 3.05) is 13.1 Å². The molecule has 1 saturated heterocycles. The molecule has 4 nitrogen and oxygen atoms in total. The Morgan fingerprint density at radius 3 is 2.48 bits per heavy atom. The first-order valence-corrected chi connectivity index (χ1v) is 8.78. The van der Waals surface area contributed by atoms with Crippen LogP contribution >= 0.6 is 0 Å². The van der Waals surface area contributed by atoms with E-state index in [1.165, 1.54) is 0 Å². The molecule has 0 aromatic heterocycles. The van der Waals surface area contributed by atoms with E-state index >= 15 is 0 Å². The van der Waals surface area contributed by atoms with Crippen LogP contribution in [-0.2, 0) is 17.9 Å². The lowest BCUT2D eigenvalue weighted by molar-refractivity contribution is -0.126. The highest BCUT2D eigenvalue weighted by molar-refractivity contribution is 5.78. The first-order chi connectivity index (χ1) is 12.3. The number of nitrogens with zero attached hydrogens (tertiary/aromatic N) is 2. The van der Waals surface area contributed by atoms with Gasteiger partial charge in [-0.3, -0.25) is 9.69 Å². The summed E-state index contributed by atoms with van der Waals surface area (Å²) in [5.41, 5.74) is 2.93. The minimum atomic E-state index is 0.0890. The van der Waals surface area contributed by atoms with E-state index in [0.717, 1.165) is 49.2 Å². The van der Waals surface area contributed by atoms with Crippen molar-refractivity contribution in [1.82, 2.24) is 10.2 Å². The molecule has 25 heavy (non-hydrogen) atoms. The van der Waals surface area contributed by atoms with E-state index in [0.29, 0.717) is 6.54 Å². The molecule has 0 unspecified atom stereocenters. The molecule has 0 saturated carbocycles. The molecule has 1 fully saturated rings. The number of amides is 1. The van der Waals surface area contributed by atoms with Gasteiger partial charge in [0.1, 0.15) is 0 Å². The van der Waals surface area contributed by atoms with Crippen LogP contribution in [0.4, 0.5) is 0 Å². The summed E-state index contributed by atoms with van der Waals surface area (Å²) in [6.45, 7) is 3.16. The number of nitriles is 1. The van der Waals surface area contributed by atoms with Gasteiger partial charge in [-0.05, 0) is 43.1 Å². The van der Waals surface area contributed by atoms with E-state index in [1.54, 1.807) is 0 Å². The van der Waals surface area contributed by atoms with Crippen LogP contribution in [0.1, 0.15) is 29.5 Å². The zero-order valence-electron chi connectivity index (χ0n) is 14.3. The number of carbonyl (C=O) groups excluding carboxylic acids is 1. The third kappa shape index (κ3) is 4.68. The third-order valence-electron chi connectivity index (χ3n) is 4.80. The zero-order valence-corrected chi connectivity index (χ0v) is 14.3. The SMILES string of the molecule is N#Cc1ccccc1CN1CCC(C(=O)NCc2ccccc2)CC1. The summed E-state index contributed by atoms with van der Waals surface area (Å²) in [6, 6.07) is 20.0. The number of likely N-dealkylation sites (tertiary alicyclic amines) is 1. The molecule has 1 heterocycles. The van der Waals surface area contributed by atoms with Crippen LogP contribution in [0.15, 0.2) is 54.6 Å². The van der Waals surface area contributed by atoms with Gasteiger partial charge in [0.05, 0.1) is 11.6 Å². The average molecular weight is 333 g/mol. The van der Waals surface area contributed by atoms with Crippen molar-refractivity contribution in [1.29, 1.82) is 5.26 Å². The molecule has 1 amide bonds. The first kappa shape index (κ1) is 17.2. The molecule has 2 aromatic rings. The molecule has 1 aliphatic heterocycles. The Morgan fingerprint density at radius 1 is 1.08 bits per heavy atom. The summed E-state index contributed by atoms with van der Waals surface area (Å²) in [4.78, 5) is 14.7. The van der Waals surface area contributed by atoms with Crippen molar-refractivity contribution in [3.05, 3.63) is 71.3 Å². The number of benzene rings is 2. The van der Waals surface area contributed by atoms with Gasteiger partial charge >= 0.3 is 0 Å². The summed E-state index contributed by atoms with van der Waals surface area (Å²) in [5, 5.41) is 12.2. The maximum Gasteiger partial charge on any atom is 0.223 e. The Kier molecular flexibility index (Phi) is 5.81. The van der Waals surface area contributed by atoms with Crippen LogP contribution in [-0.4, -0.2) is 23.9 Å². The normalized spacial score (nSPS) is 15.5. The van der Waals surface area contributed by atoms with Crippen molar-refractivity contribution in [3.63, 3.8) is 0 Å². The Balaban J connectivity index is 1.47. The summed E-state index contributed by atoms with van der Waals surface area (Å²) in [6.07, 6.45) is 1.74. The Bertz CT molecular complexity index is 743. The lowest BCUT2D eigenvalue weighted by atomic mass is 9.95. The molecular formula is C21H23N3O. The van der Waals surface area contributed by atoms with E-state index in [-0.39, 0.29) is 11.8 Å². The second-order valence-electron chi connectivity index (χ2n) is 6.52. The predicted molar refractivity (Wildman–Crippen MR) is 97.4 cm³/mol. The van der Waals surface area contributed by atoms with E-state index in [9.17, 15) is 10.1 Å². The smallest absolute Gasteiger partial charge is 0.223 e. The van der Waals surface area contributed by atoms with Crippen molar-refractivity contribution in [3.8, 4) is 6.07 Å². The number of nitrogens with one attached hydrogen (secondary N) is 1. The van der Waals surface area contributed by atoms with Crippen molar-refractivity contribution >= 4 is 5.91 Å². The van der Waals surface area contributed by atoms with Crippen LogP contribution < -0.4 is 5.32 Å². The van der Waals surface area contributed by atoms with Gasteiger partial charge in [0.15, 0.2) is 0 Å². The quantitative estimate of drug-likeness (QED) is 0.915. The standard InChI is InChI=1S/C21H23N3O/c22-14-19-8-4-5-9-20(19)16-24-12-10-18(11-13-24)21(25)23-15-17-6-2-1-3-7-17/h1-9,18H,10-13,15-16H2,(H,23,25). The Morgan fingerprint density at radius 2 is 1.76 bits per heavy atom. The molecule has 4 heteroatoms. The third-order valence-corrected chi connectivity index (χ3v) is 4.80. The van der Waals surface area contributed by atoms with E-state index in [1.807, 2.05) is 54.6 Å². The number of hydrogen-bond acceptors (Lipinski definition) is 3. The maximum absolute atomic E-state index is 12.4. The van der Waals surface area contributed by atoms with Gasteiger partial charge in [-0.2, -0.15) is 5.26 Å². The largest absolute Gasteiger partial charge is 0.352 e. The van der Waals surface area contributed by atoms with Gasteiger partial charge in [0, 0.05) is 19.0 Å². The fraction of sp³-hybridized carbons (Fsp3) is 0.333. The highest BCUT2D eigenvalue weighted by Crippen LogP contribution is 2.20. The van der Waals surface area contributed by atoms with E-state index in [2.05, 4.69) is 16.3 Å². The molecular weight excluding hydrogens is 310 g/mol. The average Bonchev–Trinajstić information content (AvgIpc) is 2.68. The fourth-order valence-electron chi connectivity index (χ4n) is 3.29. The van der Waals surface area contributed by atoms with Gasteiger partial charge in [-0.25, -0.2) is 0 Å². The zero-order chi connectivity index (χ0) is 17.5. The molecule has 2 aromatic carbocycles. The number of carbonyl (C=O) groups is 1. The van der Waals surface area contributed by atoms with Crippen LogP contribution in [0.5, 0.6) is 0 Å². The van der Waals surface area contributed by atoms with E-state index in [4.69, 9.17) is 0 Å². The van der Waals surface area contributed by atoms with Gasteiger partial charge in [-0.15, -0.1) is 0 Å². The lowest BCUT2D eigenvalue weighted by Gasteiger charge is -2.31. The molecule has 0 spiro atoms. The maximum atomic E-state index is 12.4. The lowest BCUT2D eigenvalue weighted by Crippen LogP contribution is -2.40. The van der Waals surface area contributed by atoms with Crippen LogP contribution in [0.2, 0.25) is 0 Å². The van der Waals surface area contributed by atoms with Gasteiger partial charge in [0.2, 0.25) is 5.91 Å². The second kappa shape index (κ2) is 8.46. The summed E-state index contributed by atoms with van der Waals surface area (Å²) >= 11 is 0. The molecule has 0 bridgehead atoms. The summed E-state index contributed by atoms with van der Waals surface area (Å²) in [5.74, 6) is 0.243. The number of piperidine rings is 1. The van der Waals surface area contributed by atoms with Crippen molar-refractivity contribution < 1.29 is 4.79 Å². The summed E-state index contributed by atoms with van der Waals surface area (Å²) < 4.78 is 0. The topological polar surface area (TPSA) is 56.1 Å². The molecule has 1 aliphatic rings. The Labute approximate surface area is 149 Å². The van der Waals surface area contributed by atoms with Crippen LogP contribution in [0, 0.1) is 17.2 Å². The fourth-order valence-corrected chi connectivity index (χ4v) is 3.29. The molecule has 128 valence electrons. The number of hydrogen-bond donors (Lipinski definition) is 1. The minimum absolute atomic E-state index is 0.0890. The molecule has 0 aliphatic carbocycles. The van der Waals surface area contributed by atoms with Crippen molar-refractivity contribution in [2.24, 2.45) is 5.92 Å². The van der Waals surface area contributed by atoms with E-state index < -0.39 is 0 Å². The highest BCUT2D eigenvalue weighted by atomic mass is 16.1. The molecule has 3 rings (SSSR count). The predicted octanol–water partition coefficient (Wildman–Crippen LogP) is 3.09. The minimum Gasteiger partial charge on any atom is -0.352 e. The number of rotatable bonds is 5. The van der Waals surface area contributed by atoms with Crippen LogP contribution in [0.3, 0.4) is 0 Å². The van der Waals surface area contributed by atoms with Crippen LogP contribution in [0.25, 0.3) is 0 Å². The molecule has 0 radical (unpaired) electrons. The van der Waals surface area contributed by atoms with Gasteiger partial charge in [0.25, 0.3) is 0 Å². The summed E-state index contributed by atoms with van der Waals surface area (Å²) in [7, 11) is 0.